The number of carboxylic acids is 1. The molecule has 0 aromatic rings. The van der Waals surface area contributed by atoms with Crippen LogP contribution < -0.4 is 5.32 Å². The molecule has 0 aromatic heterocycles. The summed E-state index contributed by atoms with van der Waals surface area (Å²) in [6.07, 6.45) is 0.903. The van der Waals surface area contributed by atoms with Gasteiger partial charge >= 0.3 is 11.9 Å². The van der Waals surface area contributed by atoms with Crippen LogP contribution in [0.1, 0.15) is 12.8 Å². The van der Waals surface area contributed by atoms with Gasteiger partial charge in [-0.05, 0) is 19.4 Å². The fourth-order valence-electron chi connectivity index (χ4n) is 1.34. The summed E-state index contributed by atoms with van der Waals surface area (Å²) in [6.45, 7) is 0.797. The maximum absolute atomic E-state index is 12.8. The van der Waals surface area contributed by atoms with E-state index in [1.807, 2.05) is 0 Å². The summed E-state index contributed by atoms with van der Waals surface area (Å²) in [5.74, 6) is -6.65. The predicted molar refractivity (Wildman–Crippen MR) is 38.2 cm³/mol. The highest BCUT2D eigenvalue weighted by molar-refractivity contribution is 5.75. The highest BCUT2D eigenvalue weighted by Crippen LogP contribution is 2.29. The number of halogens is 2. The Labute approximate surface area is 68.8 Å². The van der Waals surface area contributed by atoms with E-state index < -0.39 is 17.8 Å². The molecule has 1 saturated heterocycles. The molecule has 12 heavy (non-hydrogen) atoms. The zero-order valence-corrected chi connectivity index (χ0v) is 6.52. The van der Waals surface area contributed by atoms with Gasteiger partial charge in [-0.2, -0.15) is 8.78 Å². The topological polar surface area (TPSA) is 49.3 Å². The molecule has 2 N–H and O–H groups in total. The van der Waals surface area contributed by atoms with Gasteiger partial charge in [-0.25, -0.2) is 4.79 Å². The minimum Gasteiger partial charge on any atom is -0.477 e. The first-order chi connectivity index (χ1) is 5.55. The number of hydrogen-bond acceptors (Lipinski definition) is 2. The molecule has 1 heterocycles. The maximum atomic E-state index is 12.8. The lowest BCUT2D eigenvalue weighted by atomic mass is 9.93. The molecule has 1 fully saturated rings. The third-order valence-corrected chi connectivity index (χ3v) is 2.09. The third-order valence-electron chi connectivity index (χ3n) is 2.09. The van der Waals surface area contributed by atoms with E-state index >= 15 is 0 Å². The van der Waals surface area contributed by atoms with Crippen molar-refractivity contribution in [1.82, 2.24) is 5.32 Å². The summed E-state index contributed by atoms with van der Waals surface area (Å²) in [5.41, 5.74) is 0. The summed E-state index contributed by atoms with van der Waals surface area (Å²) >= 11 is 0. The van der Waals surface area contributed by atoms with Crippen molar-refractivity contribution in [3.8, 4) is 0 Å². The monoisotopic (exact) mass is 179 g/mol. The quantitative estimate of drug-likeness (QED) is 0.656. The Morgan fingerprint density at radius 2 is 2.25 bits per heavy atom. The van der Waals surface area contributed by atoms with Crippen molar-refractivity contribution in [2.75, 3.05) is 13.1 Å². The summed E-state index contributed by atoms with van der Waals surface area (Å²) in [6, 6.07) is 0. The minimum absolute atomic E-state index is 0.0965. The van der Waals surface area contributed by atoms with Crippen LogP contribution in [0.25, 0.3) is 0 Å². The van der Waals surface area contributed by atoms with Crippen LogP contribution in [0.4, 0.5) is 8.78 Å². The van der Waals surface area contributed by atoms with Crippen molar-refractivity contribution in [2.24, 2.45) is 5.92 Å². The molecule has 0 bridgehead atoms. The first kappa shape index (κ1) is 9.38. The fraction of sp³-hybridized carbons (Fsp3) is 0.857. The van der Waals surface area contributed by atoms with E-state index in [0.29, 0.717) is 13.0 Å². The van der Waals surface area contributed by atoms with Gasteiger partial charge in [0.1, 0.15) is 0 Å². The van der Waals surface area contributed by atoms with Crippen LogP contribution in [0.5, 0.6) is 0 Å². The second-order valence-electron chi connectivity index (χ2n) is 2.97. The average molecular weight is 179 g/mol. The predicted octanol–water partition coefficient (Wildman–Crippen LogP) is 0.706. The SMILES string of the molecule is O=C(O)C(F)(F)C1CCCNC1. The molecule has 0 saturated carbocycles. The average Bonchev–Trinajstić information content (AvgIpc) is 2.06. The Kier molecular flexibility index (Phi) is 2.62. The van der Waals surface area contributed by atoms with Gasteiger partial charge in [0.25, 0.3) is 0 Å². The van der Waals surface area contributed by atoms with Gasteiger partial charge in [0.15, 0.2) is 0 Å². The van der Waals surface area contributed by atoms with E-state index in [0.717, 1.165) is 0 Å². The Hall–Kier alpha value is -0.710. The number of carbonyl (C=O) groups is 1. The van der Waals surface area contributed by atoms with Gasteiger partial charge in [0.05, 0.1) is 0 Å². The van der Waals surface area contributed by atoms with E-state index in [1.54, 1.807) is 0 Å². The molecule has 0 radical (unpaired) electrons. The number of rotatable bonds is 2. The second kappa shape index (κ2) is 3.35. The van der Waals surface area contributed by atoms with Gasteiger partial charge in [0.2, 0.25) is 0 Å². The molecule has 1 rings (SSSR count). The molecule has 1 atom stereocenters. The molecule has 1 unspecified atom stereocenters. The van der Waals surface area contributed by atoms with Crippen LogP contribution in [0.3, 0.4) is 0 Å². The molecule has 5 heteroatoms. The van der Waals surface area contributed by atoms with Crippen molar-refractivity contribution >= 4 is 5.97 Å². The van der Waals surface area contributed by atoms with Crippen molar-refractivity contribution in [3.05, 3.63) is 0 Å². The Morgan fingerprint density at radius 1 is 1.58 bits per heavy atom. The van der Waals surface area contributed by atoms with Gasteiger partial charge in [-0.1, -0.05) is 0 Å². The lowest BCUT2D eigenvalue weighted by Crippen LogP contribution is -2.45. The van der Waals surface area contributed by atoms with E-state index in [2.05, 4.69) is 5.32 Å². The van der Waals surface area contributed by atoms with E-state index in [9.17, 15) is 13.6 Å². The van der Waals surface area contributed by atoms with Crippen LogP contribution in [0.2, 0.25) is 0 Å². The summed E-state index contributed by atoms with van der Waals surface area (Å²) in [7, 11) is 0. The number of aliphatic carboxylic acids is 1. The molecule has 1 aliphatic rings. The molecule has 0 aliphatic carbocycles. The van der Waals surface area contributed by atoms with Crippen LogP contribution >= 0.6 is 0 Å². The van der Waals surface area contributed by atoms with Crippen LogP contribution in [0, 0.1) is 5.92 Å². The Balaban J connectivity index is 2.59. The highest BCUT2D eigenvalue weighted by Gasteiger charge is 2.47. The van der Waals surface area contributed by atoms with Gasteiger partial charge < -0.3 is 10.4 Å². The summed E-state index contributed by atoms with van der Waals surface area (Å²) in [4.78, 5) is 10.1. The Morgan fingerprint density at radius 3 is 2.67 bits per heavy atom. The van der Waals surface area contributed by atoms with Crippen molar-refractivity contribution in [3.63, 3.8) is 0 Å². The van der Waals surface area contributed by atoms with Crippen LogP contribution in [0.15, 0.2) is 0 Å². The first-order valence-corrected chi connectivity index (χ1v) is 3.87. The van der Waals surface area contributed by atoms with Crippen LogP contribution in [-0.2, 0) is 4.79 Å². The molecule has 1 aliphatic heterocycles. The normalized spacial score (nSPS) is 25.3. The summed E-state index contributed by atoms with van der Waals surface area (Å²) < 4.78 is 25.6. The van der Waals surface area contributed by atoms with E-state index in [1.165, 1.54) is 0 Å². The molecular formula is C7H11F2NO2. The molecule has 70 valence electrons. The minimum atomic E-state index is -3.58. The molecule has 0 amide bonds. The van der Waals surface area contributed by atoms with E-state index in [-0.39, 0.29) is 13.0 Å². The van der Waals surface area contributed by atoms with Gasteiger partial charge in [-0.15, -0.1) is 0 Å². The van der Waals surface area contributed by atoms with Gasteiger partial charge in [-0.3, -0.25) is 0 Å². The first-order valence-electron chi connectivity index (χ1n) is 3.87. The zero-order valence-electron chi connectivity index (χ0n) is 6.52. The lowest BCUT2D eigenvalue weighted by Gasteiger charge is -2.27. The second-order valence-corrected chi connectivity index (χ2v) is 2.97. The maximum Gasteiger partial charge on any atom is 0.374 e. The molecular weight excluding hydrogens is 168 g/mol. The van der Waals surface area contributed by atoms with Crippen molar-refractivity contribution < 1.29 is 18.7 Å². The summed E-state index contributed by atoms with van der Waals surface area (Å²) in [5, 5.41) is 11.0. The van der Waals surface area contributed by atoms with Crippen molar-refractivity contribution in [1.29, 1.82) is 0 Å². The number of piperidine rings is 1. The molecule has 3 nitrogen and oxygen atoms in total. The van der Waals surface area contributed by atoms with Crippen molar-refractivity contribution in [2.45, 2.75) is 18.8 Å². The fourth-order valence-corrected chi connectivity index (χ4v) is 1.34. The lowest BCUT2D eigenvalue weighted by molar-refractivity contribution is -0.174. The Bertz CT molecular complexity index is 178. The largest absolute Gasteiger partial charge is 0.477 e. The molecule has 0 aromatic carbocycles. The van der Waals surface area contributed by atoms with Gasteiger partial charge in [0, 0.05) is 12.5 Å². The molecule has 0 spiro atoms. The number of carboxylic acid groups (broad SMARTS) is 1. The number of alkyl halides is 2. The third kappa shape index (κ3) is 1.72. The smallest absolute Gasteiger partial charge is 0.374 e. The number of hydrogen-bond donors (Lipinski definition) is 2. The zero-order chi connectivity index (χ0) is 9.19. The standard InChI is InChI=1S/C7H11F2NO2/c8-7(9,6(11)12)5-2-1-3-10-4-5/h5,10H,1-4H2,(H,11,12). The van der Waals surface area contributed by atoms with Crippen LogP contribution in [-0.4, -0.2) is 30.1 Å². The van der Waals surface area contributed by atoms with E-state index in [4.69, 9.17) is 5.11 Å². The highest BCUT2D eigenvalue weighted by atomic mass is 19.3. The number of nitrogens with one attached hydrogen (secondary N) is 1.